The molecule has 1 amide bonds. The van der Waals surface area contributed by atoms with E-state index in [2.05, 4.69) is 20.9 Å². The number of thiazole rings is 1. The lowest BCUT2D eigenvalue weighted by Gasteiger charge is -2.17. The van der Waals surface area contributed by atoms with E-state index in [4.69, 9.17) is 0 Å². The van der Waals surface area contributed by atoms with Gasteiger partial charge in [0.15, 0.2) is 0 Å². The molecule has 2 aromatic heterocycles. The monoisotopic (exact) mass is 428 g/mol. The second-order valence-electron chi connectivity index (χ2n) is 7.64. The smallest absolute Gasteiger partial charge is 0.273 e. The zero-order valence-electron chi connectivity index (χ0n) is 17.0. The molecule has 2 unspecified atom stereocenters. The summed E-state index contributed by atoms with van der Waals surface area (Å²) in [6.07, 6.45) is 6.32. The van der Waals surface area contributed by atoms with Crippen LogP contribution in [0.2, 0.25) is 0 Å². The molecule has 9 heteroatoms. The minimum absolute atomic E-state index is 0.0727. The maximum Gasteiger partial charge on any atom is 0.273 e. The lowest BCUT2D eigenvalue weighted by atomic mass is 9.99. The molecule has 7 nitrogen and oxygen atoms in total. The molecule has 2 N–H and O–H groups in total. The van der Waals surface area contributed by atoms with Gasteiger partial charge in [-0.25, -0.2) is 9.37 Å². The second kappa shape index (κ2) is 9.03. The van der Waals surface area contributed by atoms with Crippen molar-refractivity contribution in [1.82, 2.24) is 30.5 Å². The van der Waals surface area contributed by atoms with E-state index in [1.807, 2.05) is 19.3 Å². The first-order valence-corrected chi connectivity index (χ1v) is 10.8. The zero-order chi connectivity index (χ0) is 21.1. The van der Waals surface area contributed by atoms with E-state index in [-0.39, 0.29) is 17.8 Å². The van der Waals surface area contributed by atoms with Crippen molar-refractivity contribution in [3.05, 3.63) is 59.1 Å². The van der Waals surface area contributed by atoms with Crippen LogP contribution in [-0.4, -0.2) is 45.2 Å². The largest absolute Gasteiger partial charge is 0.340 e. The Kier molecular flexibility index (Phi) is 6.21. The fourth-order valence-electron chi connectivity index (χ4n) is 3.66. The average molecular weight is 429 g/mol. The van der Waals surface area contributed by atoms with Crippen molar-refractivity contribution >= 4 is 17.2 Å². The Labute approximate surface area is 178 Å². The molecular formula is C21H25FN6OS. The van der Waals surface area contributed by atoms with Crippen LogP contribution in [0.5, 0.6) is 0 Å². The van der Waals surface area contributed by atoms with Crippen LogP contribution in [0.1, 0.15) is 41.4 Å². The van der Waals surface area contributed by atoms with E-state index in [1.54, 1.807) is 40.3 Å². The number of hydrazine groups is 1. The van der Waals surface area contributed by atoms with Crippen LogP contribution in [0.25, 0.3) is 10.6 Å². The lowest BCUT2D eigenvalue weighted by Crippen LogP contribution is -2.32. The first-order chi connectivity index (χ1) is 14.5. The van der Waals surface area contributed by atoms with Gasteiger partial charge in [-0.15, -0.1) is 11.3 Å². The minimum atomic E-state index is -0.216. The SMILES string of the molecule is CN(CCCC1CC(c2cccc(F)c2)NN1)C(=O)c1csc(-c2cnn(C)c2)n1. The molecule has 1 aliphatic heterocycles. The predicted octanol–water partition coefficient (Wildman–Crippen LogP) is 3.14. The number of aryl methyl sites for hydroxylation is 1. The van der Waals surface area contributed by atoms with Crippen LogP contribution >= 0.6 is 11.3 Å². The molecule has 0 aliphatic carbocycles. The van der Waals surface area contributed by atoms with Crippen LogP contribution in [-0.2, 0) is 7.05 Å². The highest BCUT2D eigenvalue weighted by atomic mass is 32.1. The summed E-state index contributed by atoms with van der Waals surface area (Å²) in [5.41, 5.74) is 8.86. The normalized spacial score (nSPS) is 18.6. The van der Waals surface area contributed by atoms with Crippen molar-refractivity contribution in [2.75, 3.05) is 13.6 Å². The second-order valence-corrected chi connectivity index (χ2v) is 8.50. The van der Waals surface area contributed by atoms with E-state index in [0.717, 1.165) is 35.4 Å². The van der Waals surface area contributed by atoms with Crippen LogP contribution < -0.4 is 10.9 Å². The van der Waals surface area contributed by atoms with Crippen molar-refractivity contribution in [2.24, 2.45) is 7.05 Å². The Hall–Kier alpha value is -2.62. The summed E-state index contributed by atoms with van der Waals surface area (Å²) in [6.45, 7) is 0.654. The number of benzene rings is 1. The van der Waals surface area contributed by atoms with Crippen LogP contribution in [0, 0.1) is 5.82 Å². The molecule has 3 heterocycles. The number of nitrogens with one attached hydrogen (secondary N) is 2. The standard InChI is InChI=1S/C21H25FN6OS/c1-27(21(29)19-13-30-20(24-19)15-11-23-28(2)12-15)8-4-7-17-10-18(26-25-17)14-5-3-6-16(22)9-14/h3,5-6,9,11-13,17-18,25-26H,4,7-8,10H2,1-2H3. The fraction of sp³-hybridized carbons (Fsp3) is 0.381. The van der Waals surface area contributed by atoms with Gasteiger partial charge in [0.25, 0.3) is 5.91 Å². The first kappa shape index (κ1) is 20.6. The molecule has 0 radical (unpaired) electrons. The lowest BCUT2D eigenvalue weighted by molar-refractivity contribution is 0.0787. The fourth-order valence-corrected chi connectivity index (χ4v) is 4.43. The number of carbonyl (C=O) groups excluding carboxylic acids is 1. The molecule has 0 spiro atoms. The average Bonchev–Trinajstić information content (AvgIpc) is 3.48. The summed E-state index contributed by atoms with van der Waals surface area (Å²) in [5, 5.41) is 6.74. The minimum Gasteiger partial charge on any atom is -0.340 e. The van der Waals surface area contributed by atoms with Gasteiger partial charge in [0.1, 0.15) is 16.5 Å². The maximum atomic E-state index is 13.4. The zero-order valence-corrected chi connectivity index (χ0v) is 17.8. The van der Waals surface area contributed by atoms with Crippen molar-refractivity contribution < 1.29 is 9.18 Å². The Balaban J connectivity index is 1.24. The van der Waals surface area contributed by atoms with Gasteiger partial charge in [-0.1, -0.05) is 12.1 Å². The summed E-state index contributed by atoms with van der Waals surface area (Å²) in [6, 6.07) is 7.09. The quantitative estimate of drug-likeness (QED) is 0.605. The third kappa shape index (κ3) is 4.75. The van der Waals surface area contributed by atoms with Crippen molar-refractivity contribution in [3.8, 4) is 10.6 Å². The van der Waals surface area contributed by atoms with Crippen molar-refractivity contribution in [2.45, 2.75) is 31.3 Å². The maximum absolute atomic E-state index is 13.4. The van der Waals surface area contributed by atoms with Gasteiger partial charge < -0.3 is 4.90 Å². The number of hydrogen-bond acceptors (Lipinski definition) is 6. The molecule has 1 aliphatic rings. The van der Waals surface area contributed by atoms with Gasteiger partial charge in [0.05, 0.1) is 6.20 Å². The third-order valence-electron chi connectivity index (χ3n) is 5.30. The Bertz CT molecular complexity index is 1020. The summed E-state index contributed by atoms with van der Waals surface area (Å²) >= 11 is 1.45. The van der Waals surface area contributed by atoms with E-state index in [9.17, 15) is 9.18 Å². The van der Waals surface area contributed by atoms with Gasteiger partial charge in [-0.05, 0) is 37.0 Å². The molecule has 1 fully saturated rings. The summed E-state index contributed by atoms with van der Waals surface area (Å²) in [7, 11) is 3.66. The molecule has 1 saturated heterocycles. The predicted molar refractivity (Wildman–Crippen MR) is 114 cm³/mol. The number of carbonyl (C=O) groups is 1. The van der Waals surface area contributed by atoms with E-state index in [1.165, 1.54) is 17.4 Å². The molecule has 2 atom stereocenters. The Morgan fingerprint density at radius 2 is 2.27 bits per heavy atom. The highest BCUT2D eigenvalue weighted by Gasteiger charge is 2.25. The van der Waals surface area contributed by atoms with Gasteiger partial charge >= 0.3 is 0 Å². The first-order valence-electron chi connectivity index (χ1n) is 9.96. The number of aromatic nitrogens is 3. The Morgan fingerprint density at radius 1 is 1.40 bits per heavy atom. The molecule has 4 rings (SSSR count). The number of halogens is 1. The highest BCUT2D eigenvalue weighted by Crippen LogP contribution is 2.25. The van der Waals surface area contributed by atoms with E-state index in [0.29, 0.717) is 18.3 Å². The van der Waals surface area contributed by atoms with Crippen LogP contribution in [0.4, 0.5) is 4.39 Å². The van der Waals surface area contributed by atoms with E-state index >= 15 is 0 Å². The summed E-state index contributed by atoms with van der Waals surface area (Å²) in [4.78, 5) is 18.9. The summed E-state index contributed by atoms with van der Waals surface area (Å²) in [5.74, 6) is -0.289. The van der Waals surface area contributed by atoms with Crippen molar-refractivity contribution in [3.63, 3.8) is 0 Å². The molecule has 1 aromatic carbocycles. The topological polar surface area (TPSA) is 75.1 Å². The van der Waals surface area contributed by atoms with Crippen LogP contribution in [0.15, 0.2) is 42.0 Å². The van der Waals surface area contributed by atoms with Gasteiger partial charge in [-0.3, -0.25) is 20.3 Å². The van der Waals surface area contributed by atoms with Gasteiger partial charge in [-0.2, -0.15) is 5.10 Å². The number of rotatable bonds is 7. The van der Waals surface area contributed by atoms with Crippen molar-refractivity contribution in [1.29, 1.82) is 0 Å². The molecule has 158 valence electrons. The third-order valence-corrected chi connectivity index (χ3v) is 6.19. The molecule has 3 aromatic rings. The summed E-state index contributed by atoms with van der Waals surface area (Å²) < 4.78 is 15.1. The van der Waals surface area contributed by atoms with E-state index < -0.39 is 0 Å². The number of hydrogen-bond donors (Lipinski definition) is 2. The van der Waals surface area contributed by atoms with Crippen LogP contribution in [0.3, 0.4) is 0 Å². The van der Waals surface area contributed by atoms with Gasteiger partial charge in [0.2, 0.25) is 0 Å². The molecule has 0 bridgehead atoms. The molecule has 30 heavy (non-hydrogen) atoms. The molecule has 0 saturated carbocycles. The number of nitrogens with zero attached hydrogens (tertiary/aromatic N) is 4. The number of amides is 1. The Morgan fingerprint density at radius 3 is 3.03 bits per heavy atom. The van der Waals surface area contributed by atoms with Gasteiger partial charge in [0, 0.05) is 49.9 Å². The molecular weight excluding hydrogens is 403 g/mol. The highest BCUT2D eigenvalue weighted by molar-refractivity contribution is 7.13.